The second kappa shape index (κ2) is 6.43. The summed E-state index contributed by atoms with van der Waals surface area (Å²) in [6, 6.07) is 6.68. The molecule has 0 saturated carbocycles. The Balaban J connectivity index is 2.17. The molecule has 0 radical (unpaired) electrons. The van der Waals surface area contributed by atoms with Crippen molar-refractivity contribution in [3.05, 3.63) is 59.2 Å². The summed E-state index contributed by atoms with van der Waals surface area (Å²) in [5, 5.41) is 12.4. The molecule has 22 heavy (non-hydrogen) atoms. The van der Waals surface area contributed by atoms with E-state index in [0.29, 0.717) is 5.75 Å². The van der Waals surface area contributed by atoms with Gasteiger partial charge in [-0.25, -0.2) is 8.78 Å². The van der Waals surface area contributed by atoms with Crippen molar-refractivity contribution in [2.45, 2.75) is 13.0 Å². The minimum absolute atomic E-state index is 0.0372. The van der Waals surface area contributed by atoms with Crippen LogP contribution in [0.15, 0.2) is 36.4 Å². The fourth-order valence-electron chi connectivity index (χ4n) is 2.04. The lowest BCUT2D eigenvalue weighted by Gasteiger charge is -2.16. The average Bonchev–Trinajstić information content (AvgIpc) is 2.46. The Morgan fingerprint density at radius 1 is 1.23 bits per heavy atom. The summed E-state index contributed by atoms with van der Waals surface area (Å²) < 4.78 is 31.5. The van der Waals surface area contributed by atoms with E-state index in [1.54, 1.807) is 6.92 Å². The van der Waals surface area contributed by atoms with Crippen molar-refractivity contribution in [3.63, 3.8) is 0 Å². The second-order valence-electron chi connectivity index (χ2n) is 4.74. The van der Waals surface area contributed by atoms with Crippen molar-refractivity contribution in [2.75, 3.05) is 7.11 Å². The van der Waals surface area contributed by atoms with Crippen LogP contribution in [0.3, 0.4) is 0 Å². The molecule has 116 valence electrons. The molecule has 0 aliphatic rings. The standard InChI is InChI=1S/C16H15F2NO3/c1-9(12-5-3-10(17)7-14(12)18)19-16(21)13-6-4-11(22-2)8-15(13)20/h3-9,20H,1-2H3,(H,19,21)/t9-/m0/s1. The van der Waals surface area contributed by atoms with Crippen LogP contribution in [0, 0.1) is 11.6 Å². The number of ether oxygens (including phenoxy) is 1. The Morgan fingerprint density at radius 3 is 2.55 bits per heavy atom. The molecule has 0 bridgehead atoms. The Kier molecular flexibility index (Phi) is 4.60. The normalized spacial score (nSPS) is 11.8. The number of methoxy groups -OCH3 is 1. The van der Waals surface area contributed by atoms with Crippen LogP contribution in [0.1, 0.15) is 28.9 Å². The van der Waals surface area contributed by atoms with Gasteiger partial charge in [0.15, 0.2) is 0 Å². The van der Waals surface area contributed by atoms with E-state index >= 15 is 0 Å². The van der Waals surface area contributed by atoms with Gasteiger partial charge >= 0.3 is 0 Å². The highest BCUT2D eigenvalue weighted by atomic mass is 19.1. The third-order valence-electron chi connectivity index (χ3n) is 3.23. The van der Waals surface area contributed by atoms with Crippen LogP contribution in [0.5, 0.6) is 11.5 Å². The lowest BCUT2D eigenvalue weighted by atomic mass is 10.1. The Labute approximate surface area is 126 Å². The number of hydrogen-bond acceptors (Lipinski definition) is 3. The van der Waals surface area contributed by atoms with Crippen molar-refractivity contribution in [3.8, 4) is 11.5 Å². The first-order valence-electron chi connectivity index (χ1n) is 6.55. The van der Waals surface area contributed by atoms with Gasteiger partial charge in [-0.2, -0.15) is 0 Å². The van der Waals surface area contributed by atoms with E-state index in [1.807, 2.05) is 0 Å². The summed E-state index contributed by atoms with van der Waals surface area (Å²) in [7, 11) is 1.44. The van der Waals surface area contributed by atoms with Crippen molar-refractivity contribution in [1.29, 1.82) is 0 Å². The first kappa shape index (κ1) is 15.8. The molecule has 2 aromatic carbocycles. The van der Waals surface area contributed by atoms with Gasteiger partial charge in [-0.3, -0.25) is 4.79 Å². The molecule has 0 aliphatic carbocycles. The zero-order chi connectivity index (χ0) is 16.3. The van der Waals surface area contributed by atoms with Gasteiger partial charge in [0.25, 0.3) is 5.91 Å². The molecule has 1 amide bonds. The summed E-state index contributed by atoms with van der Waals surface area (Å²) in [6.07, 6.45) is 0. The third kappa shape index (κ3) is 3.33. The fourth-order valence-corrected chi connectivity index (χ4v) is 2.04. The van der Waals surface area contributed by atoms with E-state index in [-0.39, 0.29) is 16.9 Å². The second-order valence-corrected chi connectivity index (χ2v) is 4.74. The molecule has 0 spiro atoms. The fraction of sp³-hybridized carbons (Fsp3) is 0.188. The number of nitrogens with one attached hydrogen (secondary N) is 1. The molecular weight excluding hydrogens is 292 g/mol. The number of aromatic hydroxyl groups is 1. The van der Waals surface area contributed by atoms with Gasteiger partial charge in [0.1, 0.15) is 23.1 Å². The largest absolute Gasteiger partial charge is 0.507 e. The highest BCUT2D eigenvalue weighted by molar-refractivity contribution is 5.97. The first-order valence-corrected chi connectivity index (χ1v) is 6.55. The molecule has 0 aliphatic heterocycles. The average molecular weight is 307 g/mol. The minimum Gasteiger partial charge on any atom is -0.507 e. The maximum Gasteiger partial charge on any atom is 0.255 e. The number of phenols is 1. The lowest BCUT2D eigenvalue weighted by molar-refractivity contribution is 0.0936. The first-order chi connectivity index (χ1) is 10.4. The lowest BCUT2D eigenvalue weighted by Crippen LogP contribution is -2.27. The molecule has 0 aromatic heterocycles. The molecular formula is C16H15F2NO3. The van der Waals surface area contributed by atoms with Crippen LogP contribution in [0.2, 0.25) is 0 Å². The van der Waals surface area contributed by atoms with E-state index in [4.69, 9.17) is 4.74 Å². The van der Waals surface area contributed by atoms with E-state index in [1.165, 1.54) is 31.4 Å². The zero-order valence-corrected chi connectivity index (χ0v) is 12.1. The molecule has 6 heteroatoms. The SMILES string of the molecule is COc1ccc(C(=O)N[C@@H](C)c2ccc(F)cc2F)c(O)c1. The zero-order valence-electron chi connectivity index (χ0n) is 12.1. The van der Waals surface area contributed by atoms with E-state index < -0.39 is 23.6 Å². The molecule has 0 unspecified atom stereocenters. The van der Waals surface area contributed by atoms with Gasteiger partial charge in [0.05, 0.1) is 18.7 Å². The van der Waals surface area contributed by atoms with Crippen molar-refractivity contribution >= 4 is 5.91 Å². The predicted octanol–water partition coefficient (Wildman–Crippen LogP) is 3.17. The third-order valence-corrected chi connectivity index (χ3v) is 3.23. The maximum absolute atomic E-state index is 13.7. The van der Waals surface area contributed by atoms with E-state index in [9.17, 15) is 18.7 Å². The number of hydrogen-bond donors (Lipinski definition) is 2. The molecule has 2 rings (SSSR count). The highest BCUT2D eigenvalue weighted by Crippen LogP contribution is 2.24. The highest BCUT2D eigenvalue weighted by Gasteiger charge is 2.17. The monoisotopic (exact) mass is 307 g/mol. The van der Waals surface area contributed by atoms with E-state index in [0.717, 1.165) is 12.1 Å². The molecule has 0 fully saturated rings. The summed E-state index contributed by atoms with van der Waals surface area (Å²) in [4.78, 5) is 12.1. The summed E-state index contributed by atoms with van der Waals surface area (Å²) in [5.74, 6) is -1.84. The molecule has 2 N–H and O–H groups in total. The van der Waals surface area contributed by atoms with Crippen LogP contribution in [-0.2, 0) is 0 Å². The topological polar surface area (TPSA) is 58.6 Å². The Hall–Kier alpha value is -2.63. The minimum atomic E-state index is -0.744. The quantitative estimate of drug-likeness (QED) is 0.912. The Morgan fingerprint density at radius 2 is 1.95 bits per heavy atom. The number of carbonyl (C=O) groups is 1. The maximum atomic E-state index is 13.7. The van der Waals surface area contributed by atoms with Gasteiger partial charge < -0.3 is 15.2 Å². The number of rotatable bonds is 4. The van der Waals surface area contributed by atoms with E-state index in [2.05, 4.69) is 5.32 Å². The van der Waals surface area contributed by atoms with Crippen LogP contribution in [0.25, 0.3) is 0 Å². The summed E-state index contributed by atoms with van der Waals surface area (Å²) >= 11 is 0. The summed E-state index contributed by atoms with van der Waals surface area (Å²) in [5.41, 5.74) is 0.193. The smallest absolute Gasteiger partial charge is 0.255 e. The molecule has 0 heterocycles. The molecule has 0 saturated heterocycles. The van der Waals surface area contributed by atoms with Gasteiger partial charge in [-0.15, -0.1) is 0 Å². The van der Waals surface area contributed by atoms with Gasteiger partial charge in [0, 0.05) is 17.7 Å². The molecule has 2 aromatic rings. The van der Waals surface area contributed by atoms with Gasteiger partial charge in [-0.1, -0.05) is 6.07 Å². The van der Waals surface area contributed by atoms with Crippen LogP contribution in [-0.4, -0.2) is 18.1 Å². The number of phenolic OH excluding ortho intramolecular Hbond substituents is 1. The Bertz CT molecular complexity index is 704. The number of carbonyl (C=O) groups excluding carboxylic acids is 1. The number of benzene rings is 2. The number of halogens is 2. The van der Waals surface area contributed by atoms with Crippen molar-refractivity contribution < 1.29 is 23.4 Å². The van der Waals surface area contributed by atoms with Crippen LogP contribution in [0.4, 0.5) is 8.78 Å². The van der Waals surface area contributed by atoms with Crippen LogP contribution < -0.4 is 10.1 Å². The molecule has 4 nitrogen and oxygen atoms in total. The number of amides is 1. The molecule has 1 atom stereocenters. The summed E-state index contributed by atoms with van der Waals surface area (Å²) in [6.45, 7) is 1.56. The van der Waals surface area contributed by atoms with Crippen molar-refractivity contribution in [1.82, 2.24) is 5.32 Å². The van der Waals surface area contributed by atoms with Crippen LogP contribution >= 0.6 is 0 Å². The predicted molar refractivity (Wildman–Crippen MR) is 76.9 cm³/mol. The van der Waals surface area contributed by atoms with Gasteiger partial charge in [-0.05, 0) is 25.1 Å². The van der Waals surface area contributed by atoms with Crippen molar-refractivity contribution in [2.24, 2.45) is 0 Å². The van der Waals surface area contributed by atoms with Gasteiger partial charge in [0.2, 0.25) is 0 Å².